The molecule has 0 bridgehead atoms. The summed E-state index contributed by atoms with van der Waals surface area (Å²) in [5, 5.41) is 10.6. The summed E-state index contributed by atoms with van der Waals surface area (Å²) in [7, 11) is 0. The number of hydrogen-bond acceptors (Lipinski definition) is 3. The van der Waals surface area contributed by atoms with E-state index in [-0.39, 0.29) is 21.5 Å². The average molecular weight is 268 g/mol. The molecule has 0 aliphatic heterocycles. The van der Waals surface area contributed by atoms with Crippen LogP contribution >= 0.6 is 34.8 Å². The van der Waals surface area contributed by atoms with E-state index in [1.54, 1.807) is 0 Å². The van der Waals surface area contributed by atoms with Crippen LogP contribution in [-0.4, -0.2) is 16.6 Å². The van der Waals surface area contributed by atoms with E-state index in [1.165, 1.54) is 6.07 Å². The molecule has 0 amide bonds. The van der Waals surface area contributed by atoms with Crippen molar-refractivity contribution in [3.63, 3.8) is 0 Å². The minimum Gasteiger partial charge on any atom is -0.292 e. The second-order valence-corrected chi connectivity index (χ2v) is 3.62. The third kappa shape index (κ3) is 2.40. The van der Waals surface area contributed by atoms with Gasteiger partial charge in [-0.15, -0.1) is 11.6 Å². The fourth-order valence-corrected chi connectivity index (χ4v) is 1.58. The van der Waals surface area contributed by atoms with Crippen LogP contribution in [0, 0.1) is 10.1 Å². The van der Waals surface area contributed by atoms with Gasteiger partial charge < -0.3 is 0 Å². The first kappa shape index (κ1) is 12.2. The van der Waals surface area contributed by atoms with E-state index in [0.717, 1.165) is 6.07 Å². The van der Waals surface area contributed by atoms with Crippen LogP contribution in [0.5, 0.6) is 0 Å². The summed E-state index contributed by atoms with van der Waals surface area (Å²) < 4.78 is 0. The van der Waals surface area contributed by atoms with Gasteiger partial charge in [-0.1, -0.05) is 23.2 Å². The van der Waals surface area contributed by atoms with Crippen molar-refractivity contribution in [1.82, 2.24) is 0 Å². The first-order chi connectivity index (χ1) is 6.99. The summed E-state index contributed by atoms with van der Waals surface area (Å²) in [4.78, 5) is 21.2. The lowest BCUT2D eigenvalue weighted by Crippen LogP contribution is -2.06. The summed E-state index contributed by atoms with van der Waals surface area (Å²) in [6, 6.07) is 2.38. The zero-order valence-electron chi connectivity index (χ0n) is 7.17. The molecule has 0 spiro atoms. The number of nitro groups is 1. The van der Waals surface area contributed by atoms with E-state index < -0.39 is 16.4 Å². The fourth-order valence-electron chi connectivity index (χ4n) is 1.02. The van der Waals surface area contributed by atoms with Crippen LogP contribution in [0.25, 0.3) is 0 Å². The number of hydrogen-bond donors (Lipinski definition) is 0. The molecule has 0 aliphatic rings. The number of Topliss-reactive ketones (excluding diaryl/α,β-unsaturated/α-hetero) is 1. The molecule has 0 unspecified atom stereocenters. The van der Waals surface area contributed by atoms with Crippen LogP contribution in [0.1, 0.15) is 10.4 Å². The smallest absolute Gasteiger partial charge is 0.281 e. The zero-order valence-corrected chi connectivity index (χ0v) is 9.44. The Morgan fingerprint density at radius 1 is 1.40 bits per heavy atom. The molecule has 0 N–H and O–H groups in total. The molecule has 0 aliphatic carbocycles. The standard InChI is InChI=1S/C8H4Cl3NO3/c9-3-6(13)7-5(12(14)15)2-1-4(10)8(7)11/h1-2H,3H2. The molecule has 80 valence electrons. The predicted molar refractivity (Wildman–Crippen MR) is 58.2 cm³/mol. The Balaban J connectivity index is 3.48. The van der Waals surface area contributed by atoms with Crippen molar-refractivity contribution in [2.45, 2.75) is 0 Å². The van der Waals surface area contributed by atoms with Crippen LogP contribution < -0.4 is 0 Å². The fraction of sp³-hybridized carbons (Fsp3) is 0.125. The lowest BCUT2D eigenvalue weighted by Gasteiger charge is -2.03. The number of nitrogens with zero attached hydrogens (tertiary/aromatic N) is 1. The van der Waals surface area contributed by atoms with Crippen LogP contribution in [0.15, 0.2) is 12.1 Å². The molecular weight excluding hydrogens is 264 g/mol. The first-order valence-corrected chi connectivity index (χ1v) is 4.99. The van der Waals surface area contributed by atoms with Crippen molar-refractivity contribution in [3.8, 4) is 0 Å². The lowest BCUT2D eigenvalue weighted by molar-refractivity contribution is -0.385. The monoisotopic (exact) mass is 267 g/mol. The second-order valence-electron chi connectivity index (χ2n) is 2.57. The second kappa shape index (κ2) is 4.79. The highest BCUT2D eigenvalue weighted by molar-refractivity contribution is 6.45. The molecule has 0 fully saturated rings. The molecule has 0 aromatic heterocycles. The van der Waals surface area contributed by atoms with Crippen molar-refractivity contribution in [2.75, 3.05) is 5.88 Å². The van der Waals surface area contributed by atoms with Gasteiger partial charge in [-0.3, -0.25) is 14.9 Å². The molecule has 4 nitrogen and oxygen atoms in total. The Morgan fingerprint density at radius 2 is 2.00 bits per heavy atom. The number of ketones is 1. The number of alkyl halides is 1. The Bertz CT molecular complexity index is 433. The zero-order chi connectivity index (χ0) is 11.6. The van der Waals surface area contributed by atoms with Gasteiger partial charge in [0.2, 0.25) is 0 Å². The Labute approximate surface area is 99.9 Å². The van der Waals surface area contributed by atoms with Gasteiger partial charge in [0, 0.05) is 6.07 Å². The van der Waals surface area contributed by atoms with Crippen LogP contribution in [0.3, 0.4) is 0 Å². The van der Waals surface area contributed by atoms with E-state index in [2.05, 4.69) is 0 Å². The van der Waals surface area contributed by atoms with Gasteiger partial charge in [-0.05, 0) is 6.07 Å². The van der Waals surface area contributed by atoms with Gasteiger partial charge in [0.1, 0.15) is 5.56 Å². The summed E-state index contributed by atoms with van der Waals surface area (Å²) in [5.41, 5.74) is -0.640. The number of benzene rings is 1. The molecule has 0 atom stereocenters. The number of carbonyl (C=O) groups is 1. The predicted octanol–water partition coefficient (Wildman–Crippen LogP) is 3.32. The summed E-state index contributed by atoms with van der Waals surface area (Å²) >= 11 is 16.7. The number of rotatable bonds is 3. The van der Waals surface area contributed by atoms with E-state index >= 15 is 0 Å². The van der Waals surface area contributed by atoms with Crippen molar-refractivity contribution < 1.29 is 9.72 Å². The van der Waals surface area contributed by atoms with Gasteiger partial charge in [0.05, 0.1) is 20.8 Å². The largest absolute Gasteiger partial charge is 0.292 e. The maximum Gasteiger partial charge on any atom is 0.281 e. The van der Waals surface area contributed by atoms with Gasteiger partial charge in [0.15, 0.2) is 5.78 Å². The van der Waals surface area contributed by atoms with E-state index in [0.29, 0.717) is 0 Å². The van der Waals surface area contributed by atoms with Crippen LogP contribution in [-0.2, 0) is 0 Å². The average Bonchev–Trinajstić information content (AvgIpc) is 2.20. The highest BCUT2D eigenvalue weighted by atomic mass is 35.5. The molecule has 1 aromatic carbocycles. The number of carbonyl (C=O) groups excluding carboxylic acids is 1. The van der Waals surface area contributed by atoms with Crippen molar-refractivity contribution in [1.29, 1.82) is 0 Å². The SMILES string of the molecule is O=C(CCl)c1c([N+](=O)[O-])ccc(Cl)c1Cl. The first-order valence-electron chi connectivity index (χ1n) is 3.70. The Kier molecular flexibility index (Phi) is 3.90. The van der Waals surface area contributed by atoms with E-state index in [1.807, 2.05) is 0 Å². The molecule has 0 heterocycles. The Hall–Kier alpha value is -0.840. The molecule has 0 radical (unpaired) electrons. The minimum atomic E-state index is -0.706. The third-order valence-corrected chi connectivity index (χ3v) is 2.72. The maximum atomic E-state index is 11.3. The lowest BCUT2D eigenvalue weighted by atomic mass is 10.1. The van der Waals surface area contributed by atoms with Gasteiger partial charge >= 0.3 is 0 Å². The molecule has 1 rings (SSSR count). The van der Waals surface area contributed by atoms with Gasteiger partial charge in [-0.25, -0.2) is 0 Å². The third-order valence-electron chi connectivity index (χ3n) is 1.67. The maximum absolute atomic E-state index is 11.3. The number of nitro benzene ring substituents is 1. The number of halogens is 3. The highest BCUT2D eigenvalue weighted by Gasteiger charge is 2.24. The topological polar surface area (TPSA) is 60.2 Å². The summed E-state index contributed by atoms with van der Waals surface area (Å²) in [6.45, 7) is 0. The molecule has 1 aromatic rings. The normalized spacial score (nSPS) is 10.1. The minimum absolute atomic E-state index is 0.0794. The van der Waals surface area contributed by atoms with Crippen molar-refractivity contribution >= 4 is 46.3 Å². The molecule has 0 saturated heterocycles. The van der Waals surface area contributed by atoms with Gasteiger partial charge in [0.25, 0.3) is 5.69 Å². The highest BCUT2D eigenvalue weighted by Crippen LogP contribution is 2.33. The summed E-state index contributed by atoms with van der Waals surface area (Å²) in [6.07, 6.45) is 0. The Morgan fingerprint density at radius 3 is 2.47 bits per heavy atom. The van der Waals surface area contributed by atoms with E-state index in [9.17, 15) is 14.9 Å². The molecule has 0 saturated carbocycles. The molecular formula is C8H4Cl3NO3. The van der Waals surface area contributed by atoms with Crippen molar-refractivity contribution in [2.24, 2.45) is 0 Å². The van der Waals surface area contributed by atoms with Gasteiger partial charge in [-0.2, -0.15) is 0 Å². The quantitative estimate of drug-likeness (QED) is 0.366. The molecule has 15 heavy (non-hydrogen) atoms. The van der Waals surface area contributed by atoms with Crippen molar-refractivity contribution in [3.05, 3.63) is 37.9 Å². The van der Waals surface area contributed by atoms with Crippen LogP contribution in [0.4, 0.5) is 5.69 Å². The molecule has 7 heteroatoms. The van der Waals surface area contributed by atoms with Crippen LogP contribution in [0.2, 0.25) is 10.0 Å². The van der Waals surface area contributed by atoms with E-state index in [4.69, 9.17) is 34.8 Å². The summed E-state index contributed by atoms with van der Waals surface area (Å²) in [5.74, 6) is -1.02.